The topological polar surface area (TPSA) is 75.6 Å². The Kier molecular flexibility index (Phi) is 5.32. The van der Waals surface area contributed by atoms with Gasteiger partial charge in [-0.25, -0.2) is 0 Å². The van der Waals surface area contributed by atoms with E-state index in [0.29, 0.717) is 41.1 Å². The zero-order valence-electron chi connectivity index (χ0n) is 18.2. The van der Waals surface area contributed by atoms with Crippen LogP contribution in [0.25, 0.3) is 11.1 Å². The maximum Gasteiger partial charge on any atom is 0.203 e. The van der Waals surface area contributed by atoms with Gasteiger partial charge < -0.3 is 33.5 Å². The van der Waals surface area contributed by atoms with Gasteiger partial charge in [0.1, 0.15) is 0 Å². The molecule has 7 heteroatoms. The SMILES string of the molecule is COc1cc2c(c(O)c1OC)-c1c(cc(OC)c(OC)c1OC)C[C@@H]1CO[C@H]2[C@@H]1C. The number of rotatable bonds is 5. The third-order valence-corrected chi connectivity index (χ3v) is 6.34. The van der Waals surface area contributed by atoms with E-state index in [-0.39, 0.29) is 23.5 Å². The molecule has 0 amide bonds. The van der Waals surface area contributed by atoms with E-state index < -0.39 is 0 Å². The largest absolute Gasteiger partial charge is 0.504 e. The lowest BCUT2D eigenvalue weighted by molar-refractivity contribution is 0.0936. The molecule has 7 nitrogen and oxygen atoms in total. The number of hydrogen-bond acceptors (Lipinski definition) is 7. The zero-order valence-corrected chi connectivity index (χ0v) is 18.2. The number of phenolic OH excluding ortho intramolecular Hbond substituents is 1. The monoisotopic (exact) mass is 416 g/mol. The normalized spacial score (nSPS) is 21.7. The Morgan fingerprint density at radius 1 is 0.833 bits per heavy atom. The van der Waals surface area contributed by atoms with Crippen LogP contribution in [-0.4, -0.2) is 47.3 Å². The highest BCUT2D eigenvalue weighted by molar-refractivity contribution is 5.88. The standard InChI is InChI=1S/C23H28O7/c1-11-13-7-12-8-15(25-2)22(28-5)23(29-6)17(12)18-14(20(11)30-10-13)9-16(26-3)21(27-4)19(18)24/h8-9,11,13,20,24H,7,10H2,1-6H3/t11-,13-,20+/m1/s1. The maximum atomic E-state index is 11.3. The fourth-order valence-corrected chi connectivity index (χ4v) is 4.80. The highest BCUT2D eigenvalue weighted by atomic mass is 16.5. The molecular weight excluding hydrogens is 388 g/mol. The van der Waals surface area contributed by atoms with Crippen molar-refractivity contribution < 1.29 is 33.5 Å². The van der Waals surface area contributed by atoms with Gasteiger partial charge in [0.25, 0.3) is 0 Å². The summed E-state index contributed by atoms with van der Waals surface area (Å²) in [6, 6.07) is 3.85. The first-order valence-corrected chi connectivity index (χ1v) is 9.92. The molecule has 1 fully saturated rings. The van der Waals surface area contributed by atoms with Gasteiger partial charge in [-0.3, -0.25) is 0 Å². The lowest BCUT2D eigenvalue weighted by Crippen LogP contribution is -2.18. The highest BCUT2D eigenvalue weighted by Crippen LogP contribution is 2.58. The van der Waals surface area contributed by atoms with Crippen LogP contribution in [0.15, 0.2) is 12.1 Å². The van der Waals surface area contributed by atoms with Crippen LogP contribution in [0.1, 0.15) is 24.2 Å². The second-order valence-electron chi connectivity index (χ2n) is 7.68. The average molecular weight is 416 g/mol. The summed E-state index contributed by atoms with van der Waals surface area (Å²) >= 11 is 0. The Morgan fingerprint density at radius 2 is 1.47 bits per heavy atom. The van der Waals surface area contributed by atoms with Crippen LogP contribution in [0.3, 0.4) is 0 Å². The van der Waals surface area contributed by atoms with Crippen LogP contribution in [0.2, 0.25) is 0 Å². The first kappa shape index (κ1) is 20.5. The van der Waals surface area contributed by atoms with Gasteiger partial charge in [0.2, 0.25) is 11.5 Å². The molecule has 0 unspecified atom stereocenters. The Balaban J connectivity index is 2.15. The molecule has 1 aliphatic carbocycles. The van der Waals surface area contributed by atoms with E-state index in [9.17, 15) is 5.11 Å². The van der Waals surface area contributed by atoms with Crippen molar-refractivity contribution in [3.63, 3.8) is 0 Å². The smallest absolute Gasteiger partial charge is 0.203 e. The molecule has 3 atom stereocenters. The molecule has 2 aliphatic rings. The number of benzene rings is 2. The zero-order chi connectivity index (χ0) is 21.6. The van der Waals surface area contributed by atoms with Gasteiger partial charge in [0.15, 0.2) is 23.0 Å². The molecule has 4 rings (SSSR count). The molecule has 0 saturated carbocycles. The van der Waals surface area contributed by atoms with E-state index in [4.69, 9.17) is 28.4 Å². The second-order valence-corrected chi connectivity index (χ2v) is 7.68. The van der Waals surface area contributed by atoms with E-state index in [1.807, 2.05) is 12.1 Å². The van der Waals surface area contributed by atoms with Crippen LogP contribution in [-0.2, 0) is 11.2 Å². The Labute approximate surface area is 176 Å². The summed E-state index contributed by atoms with van der Waals surface area (Å²) in [4.78, 5) is 0. The van der Waals surface area contributed by atoms with E-state index in [1.165, 1.54) is 7.11 Å². The summed E-state index contributed by atoms with van der Waals surface area (Å²) in [6.07, 6.45) is 0.582. The first-order chi connectivity index (χ1) is 14.5. The molecule has 2 aromatic rings. The molecular formula is C23H28O7. The van der Waals surface area contributed by atoms with Crippen molar-refractivity contribution in [3.8, 4) is 45.6 Å². The van der Waals surface area contributed by atoms with Gasteiger partial charge in [-0.05, 0) is 41.5 Å². The van der Waals surface area contributed by atoms with Crippen molar-refractivity contribution in [1.29, 1.82) is 0 Å². The predicted octanol–water partition coefficient (Wildman–Crippen LogP) is 3.98. The van der Waals surface area contributed by atoms with Crippen LogP contribution in [0.4, 0.5) is 0 Å². The van der Waals surface area contributed by atoms with Crippen molar-refractivity contribution in [1.82, 2.24) is 0 Å². The van der Waals surface area contributed by atoms with Crippen molar-refractivity contribution in [2.24, 2.45) is 11.8 Å². The van der Waals surface area contributed by atoms with E-state index in [0.717, 1.165) is 23.1 Å². The summed E-state index contributed by atoms with van der Waals surface area (Å²) in [5, 5.41) is 11.3. The number of hydrogen-bond donors (Lipinski definition) is 1. The molecule has 1 aliphatic heterocycles. The Morgan fingerprint density at radius 3 is 2.07 bits per heavy atom. The average Bonchev–Trinajstić information content (AvgIpc) is 3.14. The summed E-state index contributed by atoms with van der Waals surface area (Å²) < 4.78 is 34.2. The molecule has 1 heterocycles. The molecule has 162 valence electrons. The highest BCUT2D eigenvalue weighted by Gasteiger charge is 2.42. The summed E-state index contributed by atoms with van der Waals surface area (Å²) in [6.45, 7) is 2.82. The quantitative estimate of drug-likeness (QED) is 0.790. The van der Waals surface area contributed by atoms with Gasteiger partial charge in [-0.15, -0.1) is 0 Å². The molecule has 0 aromatic heterocycles. The number of phenols is 1. The molecule has 2 aromatic carbocycles. The number of ether oxygens (including phenoxy) is 6. The number of fused-ring (bicyclic) bond motifs is 6. The Bertz CT molecular complexity index is 969. The van der Waals surface area contributed by atoms with Crippen LogP contribution in [0.5, 0.6) is 34.5 Å². The molecule has 2 bridgehead atoms. The van der Waals surface area contributed by atoms with Gasteiger partial charge in [-0.2, -0.15) is 0 Å². The fraction of sp³-hybridized carbons (Fsp3) is 0.478. The molecule has 0 spiro atoms. The predicted molar refractivity (Wildman–Crippen MR) is 111 cm³/mol. The van der Waals surface area contributed by atoms with Crippen molar-refractivity contribution >= 4 is 0 Å². The van der Waals surface area contributed by atoms with Crippen LogP contribution in [0, 0.1) is 11.8 Å². The molecule has 1 N–H and O–H groups in total. The minimum absolute atomic E-state index is 0.0141. The van der Waals surface area contributed by atoms with Crippen LogP contribution < -0.4 is 23.7 Å². The third-order valence-electron chi connectivity index (χ3n) is 6.34. The molecule has 1 saturated heterocycles. The van der Waals surface area contributed by atoms with Gasteiger partial charge in [-0.1, -0.05) is 6.92 Å². The summed E-state index contributed by atoms with van der Waals surface area (Å²) in [5.74, 6) is 2.84. The lowest BCUT2D eigenvalue weighted by Gasteiger charge is -2.30. The fourth-order valence-electron chi connectivity index (χ4n) is 4.80. The summed E-state index contributed by atoms with van der Waals surface area (Å²) in [5.41, 5.74) is 3.20. The first-order valence-electron chi connectivity index (χ1n) is 9.92. The van der Waals surface area contributed by atoms with Crippen LogP contribution >= 0.6 is 0 Å². The lowest BCUT2D eigenvalue weighted by atomic mass is 9.77. The maximum absolute atomic E-state index is 11.3. The minimum Gasteiger partial charge on any atom is -0.504 e. The second kappa shape index (κ2) is 7.80. The third kappa shape index (κ3) is 2.83. The van der Waals surface area contributed by atoms with E-state index in [2.05, 4.69) is 6.92 Å². The Hall–Kier alpha value is -2.80. The van der Waals surface area contributed by atoms with Crippen molar-refractivity contribution in [3.05, 3.63) is 23.3 Å². The van der Waals surface area contributed by atoms with Crippen molar-refractivity contribution in [2.75, 3.05) is 42.2 Å². The number of methoxy groups -OCH3 is 5. The van der Waals surface area contributed by atoms with Gasteiger partial charge >= 0.3 is 0 Å². The summed E-state index contributed by atoms with van der Waals surface area (Å²) in [7, 11) is 7.81. The van der Waals surface area contributed by atoms with Gasteiger partial charge in [0.05, 0.1) is 48.3 Å². The van der Waals surface area contributed by atoms with Crippen molar-refractivity contribution in [2.45, 2.75) is 19.4 Å². The minimum atomic E-state index is -0.179. The van der Waals surface area contributed by atoms with E-state index >= 15 is 0 Å². The van der Waals surface area contributed by atoms with E-state index in [1.54, 1.807) is 28.4 Å². The molecule has 0 radical (unpaired) electrons. The van der Waals surface area contributed by atoms with Gasteiger partial charge in [0, 0.05) is 11.1 Å². The number of aromatic hydroxyl groups is 1. The molecule has 30 heavy (non-hydrogen) atoms.